The lowest BCUT2D eigenvalue weighted by molar-refractivity contribution is -0.148. The van der Waals surface area contributed by atoms with Crippen molar-refractivity contribution in [2.24, 2.45) is 11.1 Å². The van der Waals surface area contributed by atoms with Gasteiger partial charge in [-0.25, -0.2) is 0 Å². The third-order valence-corrected chi connectivity index (χ3v) is 2.88. The Morgan fingerprint density at radius 1 is 1.42 bits per heavy atom. The van der Waals surface area contributed by atoms with Crippen LogP contribution in [0.2, 0.25) is 0 Å². The molecule has 1 aromatic rings. The maximum absolute atomic E-state index is 11.0. The van der Waals surface area contributed by atoms with Crippen LogP contribution in [0.1, 0.15) is 32.4 Å². The Kier molecular flexibility index (Phi) is 4.78. The van der Waals surface area contributed by atoms with E-state index in [4.69, 9.17) is 20.3 Å². The summed E-state index contributed by atoms with van der Waals surface area (Å²) in [4.78, 5) is 11.0. The summed E-state index contributed by atoms with van der Waals surface area (Å²) in [6, 6.07) is 5.29. The van der Waals surface area contributed by atoms with Crippen LogP contribution in [0.15, 0.2) is 18.2 Å². The number of hydrogen-bond donors (Lipinski definition) is 2. The zero-order valence-electron chi connectivity index (χ0n) is 11.8. The number of hydrogen-bond acceptors (Lipinski definition) is 4. The Labute approximate surface area is 113 Å². The zero-order valence-corrected chi connectivity index (χ0v) is 11.8. The first-order chi connectivity index (χ1) is 8.77. The van der Waals surface area contributed by atoms with Gasteiger partial charge in [0.25, 0.3) is 0 Å². The Hall–Kier alpha value is -1.75. The number of methoxy groups -OCH3 is 1. The normalized spacial score (nSPS) is 12.9. The van der Waals surface area contributed by atoms with Gasteiger partial charge in [-0.1, -0.05) is 6.07 Å². The van der Waals surface area contributed by atoms with E-state index < -0.39 is 11.4 Å². The van der Waals surface area contributed by atoms with Gasteiger partial charge in [0.05, 0.1) is 12.5 Å². The first-order valence-electron chi connectivity index (χ1n) is 6.07. The van der Waals surface area contributed by atoms with Gasteiger partial charge >= 0.3 is 5.97 Å². The third-order valence-electron chi connectivity index (χ3n) is 2.88. The number of benzene rings is 1. The minimum atomic E-state index is -0.954. The molecule has 0 aliphatic carbocycles. The van der Waals surface area contributed by atoms with Gasteiger partial charge in [0.2, 0.25) is 0 Å². The maximum Gasteiger partial charge on any atom is 0.312 e. The lowest BCUT2D eigenvalue weighted by atomic mass is 9.95. The molecular formula is C14H21NO4. The average Bonchev–Trinajstić information content (AvgIpc) is 2.35. The fourth-order valence-electron chi connectivity index (χ4n) is 1.41. The monoisotopic (exact) mass is 267 g/mol. The number of nitrogens with two attached hydrogens (primary N) is 1. The van der Waals surface area contributed by atoms with Gasteiger partial charge in [-0.15, -0.1) is 0 Å². The van der Waals surface area contributed by atoms with E-state index in [1.54, 1.807) is 26.0 Å². The van der Waals surface area contributed by atoms with E-state index >= 15 is 0 Å². The Morgan fingerprint density at radius 3 is 2.53 bits per heavy atom. The molecule has 3 N–H and O–H groups in total. The van der Waals surface area contributed by atoms with Crippen molar-refractivity contribution in [1.82, 2.24) is 0 Å². The Morgan fingerprint density at radius 2 is 2.05 bits per heavy atom. The highest BCUT2D eigenvalue weighted by Crippen LogP contribution is 2.31. The molecule has 0 amide bonds. The molecule has 106 valence electrons. The summed E-state index contributed by atoms with van der Waals surface area (Å²) in [5.41, 5.74) is 5.77. The first-order valence-corrected chi connectivity index (χ1v) is 6.07. The highest BCUT2D eigenvalue weighted by Gasteiger charge is 2.28. The van der Waals surface area contributed by atoms with E-state index in [1.807, 2.05) is 13.0 Å². The zero-order chi connectivity index (χ0) is 14.6. The van der Waals surface area contributed by atoms with Crippen LogP contribution in [0.3, 0.4) is 0 Å². The van der Waals surface area contributed by atoms with Crippen molar-refractivity contribution >= 4 is 5.97 Å². The maximum atomic E-state index is 11.0. The SMILES string of the molecule is COc1cc([C@H](C)N)ccc1OCC(C)(C)C(=O)O. The lowest BCUT2D eigenvalue weighted by Crippen LogP contribution is -2.30. The largest absolute Gasteiger partial charge is 0.493 e. The molecule has 0 unspecified atom stereocenters. The van der Waals surface area contributed by atoms with Crippen LogP contribution in [0.5, 0.6) is 11.5 Å². The summed E-state index contributed by atoms with van der Waals surface area (Å²) in [6.45, 7) is 5.16. The molecule has 0 saturated heterocycles. The van der Waals surface area contributed by atoms with Crippen LogP contribution in [0.4, 0.5) is 0 Å². The summed E-state index contributed by atoms with van der Waals surface area (Å²) in [5, 5.41) is 9.03. The van der Waals surface area contributed by atoms with E-state index in [0.29, 0.717) is 11.5 Å². The van der Waals surface area contributed by atoms with Crippen molar-refractivity contribution < 1.29 is 19.4 Å². The molecule has 0 bridgehead atoms. The topological polar surface area (TPSA) is 81.8 Å². The minimum Gasteiger partial charge on any atom is -0.493 e. The van der Waals surface area contributed by atoms with E-state index in [1.165, 1.54) is 7.11 Å². The molecular weight excluding hydrogens is 246 g/mol. The predicted octanol–water partition coefficient (Wildman–Crippen LogP) is 2.20. The highest BCUT2D eigenvalue weighted by atomic mass is 16.5. The van der Waals surface area contributed by atoms with E-state index in [0.717, 1.165) is 5.56 Å². The quantitative estimate of drug-likeness (QED) is 0.825. The molecule has 0 spiro atoms. The summed E-state index contributed by atoms with van der Waals surface area (Å²) in [5.74, 6) is 0.163. The van der Waals surface area contributed by atoms with Crippen molar-refractivity contribution in [3.63, 3.8) is 0 Å². The van der Waals surface area contributed by atoms with Crippen LogP contribution in [0.25, 0.3) is 0 Å². The van der Waals surface area contributed by atoms with Crippen LogP contribution in [-0.2, 0) is 4.79 Å². The molecule has 5 heteroatoms. The number of rotatable bonds is 6. The second-order valence-corrected chi connectivity index (χ2v) is 5.18. The van der Waals surface area contributed by atoms with Gasteiger partial charge < -0.3 is 20.3 Å². The van der Waals surface area contributed by atoms with Crippen LogP contribution >= 0.6 is 0 Å². The Bertz CT molecular complexity index is 455. The molecule has 0 saturated carbocycles. The molecule has 5 nitrogen and oxygen atoms in total. The molecule has 1 aromatic carbocycles. The molecule has 0 aromatic heterocycles. The molecule has 1 atom stereocenters. The summed E-state index contributed by atoms with van der Waals surface area (Å²) < 4.78 is 10.8. The number of carbonyl (C=O) groups is 1. The van der Waals surface area contributed by atoms with Crippen LogP contribution < -0.4 is 15.2 Å². The predicted molar refractivity (Wildman–Crippen MR) is 72.5 cm³/mol. The molecule has 0 aliphatic heterocycles. The molecule has 0 radical (unpaired) electrons. The summed E-state index contributed by atoms with van der Waals surface area (Å²) in [6.07, 6.45) is 0. The van der Waals surface area contributed by atoms with Crippen LogP contribution in [-0.4, -0.2) is 24.8 Å². The number of aliphatic carboxylic acids is 1. The third kappa shape index (κ3) is 3.86. The molecule has 1 rings (SSSR count). The molecule has 0 aliphatic rings. The lowest BCUT2D eigenvalue weighted by Gasteiger charge is -2.21. The van der Waals surface area contributed by atoms with Crippen molar-refractivity contribution in [2.45, 2.75) is 26.8 Å². The van der Waals surface area contributed by atoms with Crippen molar-refractivity contribution in [3.05, 3.63) is 23.8 Å². The van der Waals surface area contributed by atoms with Gasteiger partial charge in [0.1, 0.15) is 6.61 Å². The van der Waals surface area contributed by atoms with E-state index in [-0.39, 0.29) is 12.6 Å². The van der Waals surface area contributed by atoms with E-state index in [2.05, 4.69) is 0 Å². The van der Waals surface area contributed by atoms with Gasteiger partial charge in [0, 0.05) is 6.04 Å². The van der Waals surface area contributed by atoms with Gasteiger partial charge in [-0.05, 0) is 38.5 Å². The van der Waals surface area contributed by atoms with E-state index in [9.17, 15) is 4.79 Å². The molecule has 0 fully saturated rings. The highest BCUT2D eigenvalue weighted by molar-refractivity contribution is 5.73. The number of carboxylic acid groups (broad SMARTS) is 1. The molecule has 19 heavy (non-hydrogen) atoms. The standard InChI is InChI=1S/C14H21NO4/c1-9(15)10-5-6-11(12(7-10)18-4)19-8-14(2,3)13(16)17/h5-7,9H,8,15H2,1-4H3,(H,16,17)/t9-/m0/s1. The number of ether oxygens (including phenoxy) is 2. The van der Waals surface area contributed by atoms with Crippen molar-refractivity contribution in [3.8, 4) is 11.5 Å². The number of carboxylic acids is 1. The van der Waals surface area contributed by atoms with Gasteiger partial charge in [-0.2, -0.15) is 0 Å². The first kappa shape index (κ1) is 15.3. The van der Waals surface area contributed by atoms with Crippen molar-refractivity contribution in [1.29, 1.82) is 0 Å². The second-order valence-electron chi connectivity index (χ2n) is 5.18. The second kappa shape index (κ2) is 5.93. The average molecular weight is 267 g/mol. The fraction of sp³-hybridized carbons (Fsp3) is 0.500. The Balaban J connectivity index is 2.87. The van der Waals surface area contributed by atoms with Crippen LogP contribution in [0, 0.1) is 5.41 Å². The van der Waals surface area contributed by atoms with Gasteiger partial charge in [-0.3, -0.25) is 4.79 Å². The van der Waals surface area contributed by atoms with Crippen molar-refractivity contribution in [2.75, 3.05) is 13.7 Å². The molecule has 0 heterocycles. The van der Waals surface area contributed by atoms with Gasteiger partial charge in [0.15, 0.2) is 11.5 Å². The fourth-order valence-corrected chi connectivity index (χ4v) is 1.41. The summed E-state index contributed by atoms with van der Waals surface area (Å²) >= 11 is 0. The minimum absolute atomic E-state index is 0.0657. The smallest absolute Gasteiger partial charge is 0.312 e. The summed E-state index contributed by atoms with van der Waals surface area (Å²) in [7, 11) is 1.54.